The number of imidazole rings is 1. The number of guanidine groups is 1. The minimum atomic E-state index is -0.517. The Balaban J connectivity index is 1.23. The second-order valence-corrected chi connectivity index (χ2v) is 13.5. The van der Waals surface area contributed by atoms with E-state index in [4.69, 9.17) is 20.8 Å². The summed E-state index contributed by atoms with van der Waals surface area (Å²) in [7, 11) is 1.85. The summed E-state index contributed by atoms with van der Waals surface area (Å²) in [6.45, 7) is 8.10. The Kier molecular flexibility index (Phi) is 9.67. The average molecular weight is 707 g/mol. The van der Waals surface area contributed by atoms with Gasteiger partial charge in [0, 0.05) is 44.4 Å². The maximum absolute atomic E-state index is 14.1. The summed E-state index contributed by atoms with van der Waals surface area (Å²) in [5.41, 5.74) is 12.1. The lowest BCUT2D eigenvalue weighted by Gasteiger charge is -2.29. The molecule has 2 aliphatic heterocycles. The Labute approximate surface area is 302 Å². The van der Waals surface area contributed by atoms with Crippen LogP contribution in [0.15, 0.2) is 53.1 Å². The molecule has 0 spiro atoms. The number of benzene rings is 1. The van der Waals surface area contributed by atoms with Gasteiger partial charge < -0.3 is 20.5 Å². The van der Waals surface area contributed by atoms with Crippen LogP contribution in [0.5, 0.6) is 0 Å². The molecule has 272 valence electrons. The van der Waals surface area contributed by atoms with Gasteiger partial charge in [0.25, 0.3) is 11.8 Å². The van der Waals surface area contributed by atoms with E-state index in [0.29, 0.717) is 61.5 Å². The largest absolute Gasteiger partial charge is 0.386 e. The van der Waals surface area contributed by atoms with E-state index in [0.717, 1.165) is 65.8 Å². The molecule has 0 saturated heterocycles. The van der Waals surface area contributed by atoms with Crippen molar-refractivity contribution in [3.63, 3.8) is 0 Å². The Morgan fingerprint density at radius 3 is 2.62 bits per heavy atom. The number of para-hydroxylation sites is 1. The van der Waals surface area contributed by atoms with Crippen LogP contribution >= 0.6 is 0 Å². The van der Waals surface area contributed by atoms with Crippen LogP contribution in [0.1, 0.15) is 77.0 Å². The number of aliphatic imine (C=N–C) groups is 1. The standard InChI is InChI=1S/C37H46N12O3/c1-5-48-32-25(23(3)45-48)12-7-6-8-19-49-30(20-22(2)44-49)34(51)42-37-41-31-26(39-4)13-11-14-29(31)47(37)18-10-9-17-46-28-16-15-24(33(38)50)21-27(28)40-36(46)43-35(32)52/h11,13-16,20-21,27-28,39H,5-10,12,17-19H2,1-4H3,(H2,38,50)(H,40,43,52)(H,41,42,51). The highest BCUT2D eigenvalue weighted by atomic mass is 16.2. The van der Waals surface area contributed by atoms with E-state index in [1.165, 1.54) is 0 Å². The van der Waals surface area contributed by atoms with Crippen LogP contribution in [0.4, 0.5) is 11.6 Å². The van der Waals surface area contributed by atoms with Gasteiger partial charge in [0.05, 0.1) is 34.7 Å². The van der Waals surface area contributed by atoms with Crippen LogP contribution in [0.3, 0.4) is 0 Å². The van der Waals surface area contributed by atoms with Gasteiger partial charge >= 0.3 is 0 Å². The third kappa shape index (κ3) is 6.58. The molecule has 3 aliphatic rings. The second kappa shape index (κ2) is 14.5. The summed E-state index contributed by atoms with van der Waals surface area (Å²) in [6.07, 6.45) is 10.1. The molecule has 7 rings (SSSR count). The molecule has 3 aromatic heterocycles. The number of amides is 3. The highest BCUT2D eigenvalue weighted by Gasteiger charge is 2.37. The van der Waals surface area contributed by atoms with Crippen LogP contribution in [-0.2, 0) is 30.8 Å². The number of anilines is 2. The number of nitrogens with one attached hydrogen (secondary N) is 3. The molecule has 5 heterocycles. The van der Waals surface area contributed by atoms with Crippen LogP contribution in [0, 0.1) is 13.8 Å². The van der Waals surface area contributed by atoms with Gasteiger partial charge in [0.1, 0.15) is 16.9 Å². The number of carbonyl (C=O) groups excluding carboxylic acids is 3. The Bertz CT molecular complexity index is 2130. The zero-order chi connectivity index (χ0) is 36.5. The number of carbonyl (C=O) groups is 3. The van der Waals surface area contributed by atoms with Crippen LogP contribution in [0.25, 0.3) is 11.0 Å². The van der Waals surface area contributed by atoms with Crippen molar-refractivity contribution in [3.05, 3.63) is 76.4 Å². The first-order valence-corrected chi connectivity index (χ1v) is 18.1. The molecule has 5 N–H and O–H groups in total. The van der Waals surface area contributed by atoms with Crippen LogP contribution < -0.4 is 21.7 Å². The van der Waals surface area contributed by atoms with Crippen molar-refractivity contribution < 1.29 is 14.4 Å². The van der Waals surface area contributed by atoms with Crippen molar-refractivity contribution in [1.82, 2.24) is 39.3 Å². The minimum absolute atomic E-state index is 0.187. The van der Waals surface area contributed by atoms with Crippen molar-refractivity contribution in [2.24, 2.45) is 10.7 Å². The molecule has 2 atom stereocenters. The second-order valence-electron chi connectivity index (χ2n) is 13.5. The molecule has 52 heavy (non-hydrogen) atoms. The fourth-order valence-corrected chi connectivity index (χ4v) is 7.52. The van der Waals surface area contributed by atoms with Crippen LogP contribution in [-0.4, -0.2) is 83.4 Å². The Hall–Kier alpha value is -5.73. The zero-order valence-electron chi connectivity index (χ0n) is 30.1. The van der Waals surface area contributed by atoms with Crippen LogP contribution in [0.2, 0.25) is 0 Å². The van der Waals surface area contributed by atoms with Crippen molar-refractivity contribution in [2.75, 3.05) is 24.2 Å². The quantitative estimate of drug-likeness (QED) is 0.249. The molecule has 15 nitrogen and oxygen atoms in total. The van der Waals surface area contributed by atoms with Crippen molar-refractivity contribution >= 4 is 46.4 Å². The van der Waals surface area contributed by atoms with Gasteiger partial charge in [-0.15, -0.1) is 0 Å². The highest BCUT2D eigenvalue weighted by molar-refractivity contribution is 6.07. The first-order valence-electron chi connectivity index (χ1n) is 18.1. The van der Waals surface area contributed by atoms with E-state index in [1.807, 2.05) is 62.7 Å². The number of nitrogens with two attached hydrogens (primary N) is 1. The summed E-state index contributed by atoms with van der Waals surface area (Å²) in [4.78, 5) is 51.9. The number of hydrogen-bond acceptors (Lipinski definition) is 9. The van der Waals surface area contributed by atoms with Gasteiger partial charge in [-0.25, -0.2) is 9.98 Å². The predicted octanol–water partition coefficient (Wildman–Crippen LogP) is 3.69. The summed E-state index contributed by atoms with van der Waals surface area (Å²) >= 11 is 0. The van der Waals surface area contributed by atoms with Gasteiger partial charge in [0.2, 0.25) is 17.8 Å². The monoisotopic (exact) mass is 706 g/mol. The van der Waals surface area contributed by atoms with Crippen molar-refractivity contribution in [3.8, 4) is 0 Å². The van der Waals surface area contributed by atoms with Gasteiger partial charge in [-0.1, -0.05) is 24.6 Å². The van der Waals surface area contributed by atoms with Gasteiger partial charge in [-0.05, 0) is 77.2 Å². The molecule has 1 aromatic carbocycles. The molecule has 1 aliphatic carbocycles. The minimum Gasteiger partial charge on any atom is -0.386 e. The molecule has 0 radical (unpaired) electrons. The van der Waals surface area contributed by atoms with Gasteiger partial charge in [-0.2, -0.15) is 10.2 Å². The number of hydrogen-bond donors (Lipinski definition) is 4. The summed E-state index contributed by atoms with van der Waals surface area (Å²) in [5, 5.41) is 18.8. The van der Waals surface area contributed by atoms with E-state index in [2.05, 4.69) is 25.9 Å². The molecule has 4 aromatic rings. The maximum Gasteiger partial charge on any atom is 0.276 e. The number of aromatic nitrogens is 6. The van der Waals surface area contributed by atoms with Gasteiger partial charge in [-0.3, -0.25) is 34.4 Å². The molecule has 2 unspecified atom stereocenters. The lowest BCUT2D eigenvalue weighted by molar-refractivity contribution is -0.114. The lowest BCUT2D eigenvalue weighted by atomic mass is 9.98. The molecule has 0 fully saturated rings. The normalized spacial score (nSPS) is 20.0. The number of primary amides is 1. The first-order chi connectivity index (χ1) is 25.2. The Morgan fingerprint density at radius 1 is 1.02 bits per heavy atom. The van der Waals surface area contributed by atoms with E-state index < -0.39 is 5.91 Å². The zero-order valence-corrected chi connectivity index (χ0v) is 30.1. The summed E-state index contributed by atoms with van der Waals surface area (Å²) in [5.74, 6) is -0.120. The highest BCUT2D eigenvalue weighted by Crippen LogP contribution is 2.29. The Morgan fingerprint density at radius 2 is 1.83 bits per heavy atom. The molecule has 15 heteroatoms. The number of aryl methyl sites for hydroxylation is 5. The third-order valence-corrected chi connectivity index (χ3v) is 10.1. The van der Waals surface area contributed by atoms with Gasteiger partial charge in [0.15, 0.2) is 0 Å². The molecular weight excluding hydrogens is 660 g/mol. The SMILES string of the molecule is CCn1nc(C)c2c1C(=O)NC1=NC3C=C(C(N)=O)C=CC3N1CCCCn1c(nc3c(NC)cccc31)NC(=O)c1cc(C)nn1CCCCC2. The number of nitrogens with zero attached hydrogens (tertiary/aromatic N) is 8. The first kappa shape index (κ1) is 34.7. The van der Waals surface area contributed by atoms with Crippen molar-refractivity contribution in [1.29, 1.82) is 0 Å². The number of rotatable bonds is 3. The maximum atomic E-state index is 14.1. The lowest BCUT2D eigenvalue weighted by Crippen LogP contribution is -2.47. The third-order valence-electron chi connectivity index (χ3n) is 10.1. The topological polar surface area (TPSA) is 182 Å². The van der Waals surface area contributed by atoms with E-state index in [9.17, 15) is 14.4 Å². The molecular formula is C37H46N12O3. The fraction of sp³-hybridized carbons (Fsp3) is 0.432. The number of fused-ring (bicyclic) bond motifs is 8. The molecule has 0 saturated carbocycles. The molecule has 3 amide bonds. The predicted molar refractivity (Wildman–Crippen MR) is 199 cm³/mol. The van der Waals surface area contributed by atoms with E-state index in [-0.39, 0.29) is 23.9 Å². The smallest absolute Gasteiger partial charge is 0.276 e. The van der Waals surface area contributed by atoms with Crippen molar-refractivity contribution in [2.45, 2.75) is 91.0 Å². The van der Waals surface area contributed by atoms with E-state index >= 15 is 0 Å². The summed E-state index contributed by atoms with van der Waals surface area (Å²) in [6, 6.07) is 7.19. The van der Waals surface area contributed by atoms with E-state index in [1.54, 1.807) is 21.5 Å². The molecule has 0 bridgehead atoms. The average Bonchev–Trinajstić information content (AvgIpc) is 3.87. The fourth-order valence-electron chi connectivity index (χ4n) is 7.52. The summed E-state index contributed by atoms with van der Waals surface area (Å²) < 4.78 is 5.59.